The van der Waals surface area contributed by atoms with E-state index in [0.717, 1.165) is 24.2 Å². The fourth-order valence-electron chi connectivity index (χ4n) is 3.14. The van der Waals surface area contributed by atoms with Crippen LogP contribution in [0.2, 0.25) is 0 Å². The van der Waals surface area contributed by atoms with E-state index in [1.165, 1.54) is 0 Å². The number of rotatable bonds is 1. The fourth-order valence-corrected chi connectivity index (χ4v) is 4.88. The van der Waals surface area contributed by atoms with Gasteiger partial charge in [-0.1, -0.05) is 23.4 Å². The molecule has 2 aliphatic rings. The molecule has 0 radical (unpaired) electrons. The van der Waals surface area contributed by atoms with Crippen LogP contribution < -0.4 is 4.90 Å². The Labute approximate surface area is 118 Å². The number of anilines is 1. The predicted molar refractivity (Wildman–Crippen MR) is 78.4 cm³/mol. The van der Waals surface area contributed by atoms with Crippen molar-refractivity contribution < 1.29 is 13.6 Å². The van der Waals surface area contributed by atoms with Crippen LogP contribution in [0.15, 0.2) is 29.4 Å². The number of hydrogen-bond acceptors (Lipinski definition) is 5. The maximum atomic E-state index is 11.7. The molecule has 1 aromatic rings. The molecule has 0 spiro atoms. The molecule has 0 saturated carbocycles. The Balaban J connectivity index is 2.00. The van der Waals surface area contributed by atoms with Gasteiger partial charge in [-0.05, 0) is 25.3 Å². The van der Waals surface area contributed by atoms with E-state index in [0.29, 0.717) is 18.6 Å². The minimum absolute atomic E-state index is 0.0409. The Hall–Kier alpha value is -1.56. The molecule has 2 aliphatic heterocycles. The zero-order chi connectivity index (χ0) is 14.2. The fraction of sp³-hybridized carbons (Fsp3) is 0.500. The molecular weight excluding hydrogens is 276 g/mol. The summed E-state index contributed by atoms with van der Waals surface area (Å²) in [5.41, 5.74) is 2.58. The standard InChI is InChI=1S/C14H18N2O3S/c17-15-13-5-3-8-16(11-7-9-20(18,19)10-11)14-6-2-1-4-12(13)14/h1-2,4,6,11,17H,3,5,7-10H2/b15-13-. The summed E-state index contributed by atoms with van der Waals surface area (Å²) in [7, 11) is -2.90. The van der Waals surface area contributed by atoms with E-state index in [9.17, 15) is 13.6 Å². The first kappa shape index (κ1) is 13.4. The Morgan fingerprint density at radius 2 is 2.10 bits per heavy atom. The molecule has 5 nitrogen and oxygen atoms in total. The van der Waals surface area contributed by atoms with Crippen molar-refractivity contribution in [3.8, 4) is 0 Å². The number of benzene rings is 1. The first-order valence-electron chi connectivity index (χ1n) is 6.88. The molecule has 1 saturated heterocycles. The summed E-state index contributed by atoms with van der Waals surface area (Å²) in [4.78, 5) is 2.18. The van der Waals surface area contributed by atoms with E-state index in [1.807, 2.05) is 24.3 Å². The Kier molecular flexibility index (Phi) is 3.41. The van der Waals surface area contributed by atoms with Gasteiger partial charge in [0.2, 0.25) is 0 Å². The van der Waals surface area contributed by atoms with E-state index in [4.69, 9.17) is 0 Å². The number of nitrogens with zero attached hydrogens (tertiary/aromatic N) is 2. The normalized spacial score (nSPS) is 27.3. The lowest BCUT2D eigenvalue weighted by Crippen LogP contribution is -2.37. The van der Waals surface area contributed by atoms with Crippen LogP contribution in [0, 0.1) is 0 Å². The maximum absolute atomic E-state index is 11.7. The average molecular weight is 294 g/mol. The van der Waals surface area contributed by atoms with Gasteiger partial charge in [0.05, 0.1) is 17.2 Å². The SMILES string of the molecule is O=S1(=O)CCC(N2CCC/C(=N/O)c3ccccc32)C1. The van der Waals surface area contributed by atoms with Crippen molar-refractivity contribution in [3.63, 3.8) is 0 Å². The third-order valence-electron chi connectivity index (χ3n) is 4.11. The summed E-state index contributed by atoms with van der Waals surface area (Å²) in [5, 5.41) is 12.6. The molecule has 1 N–H and O–H groups in total. The van der Waals surface area contributed by atoms with Crippen molar-refractivity contribution in [2.75, 3.05) is 23.0 Å². The molecule has 1 fully saturated rings. The second kappa shape index (κ2) is 5.09. The maximum Gasteiger partial charge on any atom is 0.152 e. The summed E-state index contributed by atoms with van der Waals surface area (Å²) >= 11 is 0. The van der Waals surface area contributed by atoms with Crippen LogP contribution in [0.1, 0.15) is 24.8 Å². The molecule has 108 valence electrons. The van der Waals surface area contributed by atoms with Crippen LogP contribution >= 0.6 is 0 Å². The van der Waals surface area contributed by atoms with Crippen molar-refractivity contribution in [1.29, 1.82) is 0 Å². The van der Waals surface area contributed by atoms with Gasteiger partial charge in [-0.15, -0.1) is 0 Å². The summed E-state index contributed by atoms with van der Waals surface area (Å²) in [6.45, 7) is 0.802. The minimum Gasteiger partial charge on any atom is -0.411 e. The summed E-state index contributed by atoms with van der Waals surface area (Å²) in [6.07, 6.45) is 2.26. The molecule has 0 bridgehead atoms. The highest BCUT2D eigenvalue weighted by Gasteiger charge is 2.34. The Morgan fingerprint density at radius 3 is 2.80 bits per heavy atom. The smallest absolute Gasteiger partial charge is 0.152 e. The molecule has 1 unspecified atom stereocenters. The Bertz CT molecular complexity index is 640. The van der Waals surface area contributed by atoms with Crippen molar-refractivity contribution in [1.82, 2.24) is 0 Å². The largest absolute Gasteiger partial charge is 0.411 e. The van der Waals surface area contributed by atoms with Gasteiger partial charge in [-0.25, -0.2) is 8.42 Å². The Morgan fingerprint density at radius 1 is 1.30 bits per heavy atom. The molecule has 3 rings (SSSR count). The van der Waals surface area contributed by atoms with Crippen LogP contribution in [-0.4, -0.2) is 43.4 Å². The van der Waals surface area contributed by atoms with Gasteiger partial charge in [0, 0.05) is 23.8 Å². The van der Waals surface area contributed by atoms with E-state index in [2.05, 4.69) is 10.1 Å². The highest BCUT2D eigenvalue weighted by molar-refractivity contribution is 7.91. The third kappa shape index (κ3) is 2.40. The third-order valence-corrected chi connectivity index (χ3v) is 5.86. The van der Waals surface area contributed by atoms with Crippen LogP contribution in [0.3, 0.4) is 0 Å². The summed E-state index contributed by atoms with van der Waals surface area (Å²) in [6, 6.07) is 7.82. The number of oxime groups is 1. The van der Waals surface area contributed by atoms with Crippen LogP contribution in [-0.2, 0) is 9.84 Å². The predicted octanol–water partition coefficient (Wildman–Crippen LogP) is 1.65. The highest BCUT2D eigenvalue weighted by Crippen LogP contribution is 2.31. The molecule has 0 aliphatic carbocycles. The lowest BCUT2D eigenvalue weighted by Gasteiger charge is -2.30. The van der Waals surface area contributed by atoms with Gasteiger partial charge < -0.3 is 10.1 Å². The van der Waals surface area contributed by atoms with Gasteiger partial charge in [-0.2, -0.15) is 0 Å². The van der Waals surface area contributed by atoms with Gasteiger partial charge in [0.1, 0.15) is 0 Å². The molecular formula is C14H18N2O3S. The average Bonchev–Trinajstić information content (AvgIpc) is 2.70. The highest BCUT2D eigenvalue weighted by atomic mass is 32.2. The van der Waals surface area contributed by atoms with Crippen LogP contribution in [0.25, 0.3) is 0 Å². The number of sulfone groups is 1. The monoisotopic (exact) mass is 294 g/mol. The zero-order valence-electron chi connectivity index (χ0n) is 11.2. The lowest BCUT2D eigenvalue weighted by molar-refractivity contribution is 0.318. The summed E-state index contributed by atoms with van der Waals surface area (Å²) in [5.74, 6) is 0.504. The first-order valence-corrected chi connectivity index (χ1v) is 8.70. The van der Waals surface area contributed by atoms with Gasteiger partial charge >= 0.3 is 0 Å². The molecule has 1 aromatic carbocycles. The number of fused-ring (bicyclic) bond motifs is 1. The van der Waals surface area contributed by atoms with E-state index >= 15 is 0 Å². The molecule has 0 aromatic heterocycles. The van der Waals surface area contributed by atoms with Crippen LogP contribution in [0.5, 0.6) is 0 Å². The van der Waals surface area contributed by atoms with E-state index < -0.39 is 9.84 Å². The summed E-state index contributed by atoms with van der Waals surface area (Å²) < 4.78 is 23.4. The molecule has 2 heterocycles. The topological polar surface area (TPSA) is 70.0 Å². The quantitative estimate of drug-likeness (QED) is 0.631. The molecule has 20 heavy (non-hydrogen) atoms. The zero-order valence-corrected chi connectivity index (χ0v) is 12.0. The van der Waals surface area contributed by atoms with Gasteiger partial charge in [0.25, 0.3) is 0 Å². The first-order chi connectivity index (χ1) is 9.61. The second-order valence-electron chi connectivity index (χ2n) is 5.42. The minimum atomic E-state index is -2.90. The second-order valence-corrected chi connectivity index (χ2v) is 7.65. The van der Waals surface area contributed by atoms with Gasteiger partial charge in [0.15, 0.2) is 9.84 Å². The van der Waals surface area contributed by atoms with E-state index in [1.54, 1.807) is 0 Å². The molecule has 0 amide bonds. The van der Waals surface area contributed by atoms with Crippen molar-refractivity contribution in [2.45, 2.75) is 25.3 Å². The van der Waals surface area contributed by atoms with Crippen molar-refractivity contribution in [3.05, 3.63) is 29.8 Å². The lowest BCUT2D eigenvalue weighted by atomic mass is 10.1. The van der Waals surface area contributed by atoms with Crippen molar-refractivity contribution in [2.24, 2.45) is 5.16 Å². The van der Waals surface area contributed by atoms with Crippen molar-refractivity contribution >= 4 is 21.2 Å². The number of para-hydroxylation sites is 1. The van der Waals surface area contributed by atoms with Gasteiger partial charge in [-0.3, -0.25) is 0 Å². The molecule has 1 atom stereocenters. The molecule has 6 heteroatoms. The van der Waals surface area contributed by atoms with Crippen LogP contribution in [0.4, 0.5) is 5.69 Å². The van der Waals surface area contributed by atoms with E-state index in [-0.39, 0.29) is 17.5 Å². The number of hydrogen-bond donors (Lipinski definition) is 1.